The second kappa shape index (κ2) is 7.45. The van der Waals surface area contributed by atoms with E-state index in [9.17, 15) is 14.3 Å². The molecule has 2 amide bonds. The van der Waals surface area contributed by atoms with Crippen molar-refractivity contribution >= 4 is 29.2 Å². The van der Waals surface area contributed by atoms with E-state index in [0.29, 0.717) is 24.0 Å². The lowest BCUT2D eigenvalue weighted by Crippen LogP contribution is -2.45. The number of amides is 2. The minimum absolute atomic E-state index is 0.00730. The van der Waals surface area contributed by atoms with E-state index in [0.717, 1.165) is 6.07 Å². The van der Waals surface area contributed by atoms with Gasteiger partial charge in [0.2, 0.25) is 5.95 Å². The highest BCUT2D eigenvalue weighted by molar-refractivity contribution is 6.42. The number of urea groups is 1. The summed E-state index contributed by atoms with van der Waals surface area (Å²) in [6.07, 6.45) is 1.47. The number of rotatable bonds is 1. The number of primary amides is 1. The molecule has 0 saturated carbocycles. The average molecular weight is 438 g/mol. The summed E-state index contributed by atoms with van der Waals surface area (Å²) in [6.45, 7) is -0.456. The third-order valence-corrected chi connectivity index (χ3v) is 6.10. The molecule has 4 rings (SSSR count). The van der Waals surface area contributed by atoms with Gasteiger partial charge in [0.05, 0.1) is 27.3 Å². The minimum Gasteiger partial charge on any atom is -0.384 e. The van der Waals surface area contributed by atoms with Gasteiger partial charge in [0.15, 0.2) is 0 Å². The molecule has 2 unspecified atom stereocenters. The first-order valence-corrected chi connectivity index (χ1v) is 9.63. The predicted molar refractivity (Wildman–Crippen MR) is 104 cm³/mol. The summed E-state index contributed by atoms with van der Waals surface area (Å²) < 4.78 is 29.7. The second-order valence-electron chi connectivity index (χ2n) is 6.92. The molecule has 0 radical (unpaired) electrons. The van der Waals surface area contributed by atoms with Crippen LogP contribution in [0.2, 0.25) is 10.0 Å². The maximum absolute atomic E-state index is 15.0. The second-order valence-corrected chi connectivity index (χ2v) is 7.74. The molecule has 29 heavy (non-hydrogen) atoms. The quantitative estimate of drug-likeness (QED) is 0.404. The molecule has 0 aliphatic carbocycles. The molecule has 1 saturated heterocycles. The number of carbonyl (C=O) groups is 1. The number of aliphatic hydroxyl groups is 1. The van der Waals surface area contributed by atoms with Crippen LogP contribution >= 0.6 is 23.2 Å². The Hall–Kier alpha value is -2.40. The van der Waals surface area contributed by atoms with Crippen molar-refractivity contribution in [3.05, 3.63) is 50.6 Å². The van der Waals surface area contributed by atoms with Crippen molar-refractivity contribution in [2.45, 2.75) is 31.3 Å². The summed E-state index contributed by atoms with van der Waals surface area (Å²) in [6, 6.07) is 0.953. The molecule has 2 aromatic rings. The Bertz CT molecular complexity index is 1100. The van der Waals surface area contributed by atoms with Crippen LogP contribution in [0, 0.1) is 23.6 Å². The molecular weight excluding hydrogens is 423 g/mol. The van der Waals surface area contributed by atoms with Crippen molar-refractivity contribution in [2.75, 3.05) is 6.61 Å². The van der Waals surface area contributed by atoms with Crippen LogP contribution in [0.15, 0.2) is 12.1 Å². The third kappa shape index (κ3) is 3.21. The molecule has 2 atom stereocenters. The number of aromatic nitrogens is 1. The lowest BCUT2D eigenvalue weighted by molar-refractivity contribution is 0.174. The predicted octanol–water partition coefficient (Wildman–Crippen LogP) is 3.82. The smallest absolute Gasteiger partial charge is 0.315 e. The number of hydrogen-bond acceptors (Lipinski definition) is 3. The largest absolute Gasteiger partial charge is 0.384 e. The van der Waals surface area contributed by atoms with Gasteiger partial charge in [0, 0.05) is 22.7 Å². The van der Waals surface area contributed by atoms with Crippen LogP contribution in [-0.4, -0.2) is 33.7 Å². The number of aliphatic hydroxyl groups excluding tert-OH is 1. The van der Waals surface area contributed by atoms with E-state index in [1.54, 1.807) is 0 Å². The van der Waals surface area contributed by atoms with Crippen LogP contribution in [0.5, 0.6) is 0 Å². The zero-order valence-corrected chi connectivity index (χ0v) is 16.5. The molecule has 2 bridgehead atoms. The number of pyridine rings is 1. The monoisotopic (exact) mass is 437 g/mol. The highest BCUT2D eigenvalue weighted by Crippen LogP contribution is 2.47. The van der Waals surface area contributed by atoms with Gasteiger partial charge in [0.1, 0.15) is 12.4 Å². The van der Waals surface area contributed by atoms with Crippen molar-refractivity contribution in [3.63, 3.8) is 0 Å². The van der Waals surface area contributed by atoms with Crippen LogP contribution in [0.4, 0.5) is 13.6 Å². The van der Waals surface area contributed by atoms with Gasteiger partial charge in [-0.3, -0.25) is 0 Å². The summed E-state index contributed by atoms with van der Waals surface area (Å²) >= 11 is 11.9. The molecule has 2 aliphatic rings. The fourth-order valence-electron chi connectivity index (χ4n) is 4.26. The van der Waals surface area contributed by atoms with Crippen LogP contribution in [0.3, 0.4) is 0 Å². The molecule has 3 N–H and O–H groups in total. The molecule has 3 heterocycles. The maximum atomic E-state index is 15.0. The van der Waals surface area contributed by atoms with Gasteiger partial charge in [-0.1, -0.05) is 35.0 Å². The number of hydrogen-bond donors (Lipinski definition) is 2. The first kappa shape index (κ1) is 19.9. The van der Waals surface area contributed by atoms with E-state index < -0.39 is 30.4 Å². The Labute approximate surface area is 175 Å². The first-order chi connectivity index (χ1) is 13.8. The molecule has 1 aromatic heterocycles. The standard InChI is InChI=1S/C20H15Cl2F2N3O2/c21-13-7-11(15(23)8-14(13)22)18-10(2-1-5-28)17-12(19(24)26-18)6-9-3-4-16(17)27(9)20(25)29/h7-9,16,28H,3-6H2,(H2,25,29). The van der Waals surface area contributed by atoms with Gasteiger partial charge in [-0.25, -0.2) is 14.2 Å². The van der Waals surface area contributed by atoms with E-state index in [2.05, 4.69) is 16.8 Å². The minimum atomic E-state index is -0.754. The molecule has 5 nitrogen and oxygen atoms in total. The highest BCUT2D eigenvalue weighted by atomic mass is 35.5. The zero-order valence-electron chi connectivity index (χ0n) is 15.0. The van der Waals surface area contributed by atoms with Crippen LogP contribution < -0.4 is 5.73 Å². The molecular formula is C20H15Cl2F2N3O2. The zero-order chi connectivity index (χ0) is 20.9. The van der Waals surface area contributed by atoms with Gasteiger partial charge < -0.3 is 15.7 Å². The summed E-state index contributed by atoms with van der Waals surface area (Å²) in [7, 11) is 0. The molecule has 2 aliphatic heterocycles. The van der Waals surface area contributed by atoms with E-state index in [1.165, 1.54) is 11.0 Å². The van der Waals surface area contributed by atoms with Crippen molar-refractivity contribution < 1.29 is 18.7 Å². The van der Waals surface area contributed by atoms with E-state index >= 15 is 4.39 Å². The summed E-state index contributed by atoms with van der Waals surface area (Å²) in [4.78, 5) is 17.5. The number of nitrogens with two attached hydrogens (primary N) is 1. The summed E-state index contributed by atoms with van der Waals surface area (Å²) in [5.41, 5.74) is 6.44. The Kier molecular flexibility index (Phi) is 5.11. The third-order valence-electron chi connectivity index (χ3n) is 5.38. The Morgan fingerprint density at radius 3 is 2.72 bits per heavy atom. The fourth-order valence-corrected chi connectivity index (χ4v) is 4.58. The molecule has 150 valence electrons. The molecule has 1 aromatic carbocycles. The number of nitrogens with zero attached hydrogens (tertiary/aromatic N) is 2. The number of halogens is 4. The van der Waals surface area contributed by atoms with Gasteiger partial charge in [-0.05, 0) is 31.4 Å². The Morgan fingerprint density at radius 2 is 2.03 bits per heavy atom. The molecule has 1 fully saturated rings. The average Bonchev–Trinajstić information content (AvgIpc) is 2.99. The van der Waals surface area contributed by atoms with Crippen molar-refractivity contribution in [1.29, 1.82) is 0 Å². The highest BCUT2D eigenvalue weighted by Gasteiger charge is 2.45. The number of fused-ring (bicyclic) bond motifs is 4. The lowest BCUT2D eigenvalue weighted by Gasteiger charge is -2.36. The van der Waals surface area contributed by atoms with Crippen molar-refractivity contribution in [3.8, 4) is 23.1 Å². The van der Waals surface area contributed by atoms with E-state index in [4.69, 9.17) is 28.9 Å². The first-order valence-electron chi connectivity index (χ1n) is 8.88. The Balaban J connectivity index is 2.03. The van der Waals surface area contributed by atoms with Crippen LogP contribution in [-0.2, 0) is 6.42 Å². The summed E-state index contributed by atoms with van der Waals surface area (Å²) in [5.74, 6) is 3.79. The van der Waals surface area contributed by atoms with Crippen molar-refractivity contribution in [2.24, 2.45) is 5.73 Å². The maximum Gasteiger partial charge on any atom is 0.315 e. The normalized spacial score (nSPS) is 19.6. The van der Waals surface area contributed by atoms with E-state index in [-0.39, 0.29) is 39.3 Å². The molecule has 9 heteroatoms. The van der Waals surface area contributed by atoms with Gasteiger partial charge in [-0.2, -0.15) is 4.39 Å². The molecule has 0 spiro atoms. The summed E-state index contributed by atoms with van der Waals surface area (Å²) in [5, 5.41) is 9.27. The van der Waals surface area contributed by atoms with Gasteiger partial charge in [-0.15, -0.1) is 0 Å². The van der Waals surface area contributed by atoms with E-state index in [1.807, 2.05) is 0 Å². The van der Waals surface area contributed by atoms with Crippen molar-refractivity contribution in [1.82, 2.24) is 9.88 Å². The van der Waals surface area contributed by atoms with Gasteiger partial charge in [0.25, 0.3) is 0 Å². The number of benzene rings is 1. The van der Waals surface area contributed by atoms with Gasteiger partial charge >= 0.3 is 6.03 Å². The Morgan fingerprint density at radius 1 is 1.31 bits per heavy atom. The fraction of sp³-hybridized carbons (Fsp3) is 0.300. The topological polar surface area (TPSA) is 79.5 Å². The van der Waals surface area contributed by atoms with Crippen LogP contribution in [0.1, 0.15) is 35.6 Å². The van der Waals surface area contributed by atoms with Crippen LogP contribution in [0.25, 0.3) is 11.3 Å². The lowest BCUT2D eigenvalue weighted by atomic mass is 9.88. The number of carbonyl (C=O) groups excluding carboxylic acids is 1. The SMILES string of the molecule is NC(=O)N1C2CCC1c1c(C#CCO)c(-c3cc(Cl)c(Cl)cc3F)nc(F)c1C2.